The maximum absolute atomic E-state index is 14.5. The van der Waals surface area contributed by atoms with Crippen LogP contribution in [-0.4, -0.2) is 57.4 Å². The molecule has 2 heterocycles. The summed E-state index contributed by atoms with van der Waals surface area (Å²) in [5.41, 5.74) is -2.76. The van der Waals surface area contributed by atoms with E-state index >= 15 is 0 Å². The zero-order valence-corrected chi connectivity index (χ0v) is 21.7. The van der Waals surface area contributed by atoms with Gasteiger partial charge in [-0.1, -0.05) is 34.1 Å². The van der Waals surface area contributed by atoms with Gasteiger partial charge in [0.1, 0.15) is 11.6 Å². The molecular formula is C26H29BrF4N2O3. The predicted molar refractivity (Wildman–Crippen MR) is 130 cm³/mol. The van der Waals surface area contributed by atoms with E-state index in [-0.39, 0.29) is 30.0 Å². The van der Waals surface area contributed by atoms with Crippen molar-refractivity contribution in [3.8, 4) is 5.75 Å². The zero-order valence-electron chi connectivity index (χ0n) is 20.1. The van der Waals surface area contributed by atoms with Crippen molar-refractivity contribution in [3.63, 3.8) is 0 Å². The molecule has 2 saturated heterocycles. The Labute approximate surface area is 216 Å². The second-order valence-electron chi connectivity index (χ2n) is 9.44. The van der Waals surface area contributed by atoms with E-state index in [9.17, 15) is 22.4 Å². The molecule has 1 unspecified atom stereocenters. The largest absolute Gasteiger partial charge is 0.496 e. The normalized spacial score (nSPS) is 21.8. The fourth-order valence-corrected chi connectivity index (χ4v) is 6.20. The van der Waals surface area contributed by atoms with E-state index in [1.807, 2.05) is 0 Å². The average Bonchev–Trinajstić information content (AvgIpc) is 2.85. The van der Waals surface area contributed by atoms with Crippen molar-refractivity contribution in [3.05, 3.63) is 63.9 Å². The monoisotopic (exact) mass is 572 g/mol. The molecule has 2 atom stereocenters. The second kappa shape index (κ2) is 10.3. The van der Waals surface area contributed by atoms with Crippen LogP contribution in [0.1, 0.15) is 36.3 Å². The number of halogens is 5. The van der Waals surface area contributed by atoms with Crippen LogP contribution >= 0.6 is 15.9 Å². The lowest BCUT2D eigenvalue weighted by molar-refractivity contribution is -0.271. The number of methoxy groups -OCH3 is 2. The number of nitrogens with zero attached hydrogens (tertiary/aromatic N) is 1. The number of ether oxygens (including phenoxy) is 2. The van der Waals surface area contributed by atoms with Gasteiger partial charge in [0.2, 0.25) is 0 Å². The minimum atomic E-state index is -4.96. The predicted octanol–water partition coefficient (Wildman–Crippen LogP) is 5.39. The Morgan fingerprint density at radius 1 is 1.11 bits per heavy atom. The highest BCUT2D eigenvalue weighted by Crippen LogP contribution is 2.51. The van der Waals surface area contributed by atoms with E-state index in [2.05, 4.69) is 21.2 Å². The number of likely N-dealkylation sites (tertiary alicyclic amines) is 1. The highest BCUT2D eigenvalue weighted by molar-refractivity contribution is 9.10. The van der Waals surface area contributed by atoms with Crippen molar-refractivity contribution >= 4 is 21.8 Å². The molecule has 10 heteroatoms. The summed E-state index contributed by atoms with van der Waals surface area (Å²) in [5.74, 6) is -1.09. The summed E-state index contributed by atoms with van der Waals surface area (Å²) in [5, 5.41) is 3.38. The van der Waals surface area contributed by atoms with Crippen molar-refractivity contribution in [2.45, 2.75) is 37.0 Å². The lowest BCUT2D eigenvalue weighted by Crippen LogP contribution is -2.59. The zero-order chi connectivity index (χ0) is 26.1. The van der Waals surface area contributed by atoms with Crippen LogP contribution in [0, 0.1) is 11.2 Å². The number of alkyl halides is 3. The Morgan fingerprint density at radius 3 is 2.44 bits per heavy atom. The number of rotatable bonds is 5. The van der Waals surface area contributed by atoms with Crippen LogP contribution in [0.25, 0.3) is 0 Å². The number of hydrogen-bond donors (Lipinski definition) is 1. The molecule has 2 aromatic carbocycles. The number of nitrogens with one attached hydrogen (secondary N) is 1. The summed E-state index contributed by atoms with van der Waals surface area (Å²) >= 11 is 3.20. The molecule has 36 heavy (non-hydrogen) atoms. The number of amides is 1. The van der Waals surface area contributed by atoms with E-state index < -0.39 is 23.5 Å². The van der Waals surface area contributed by atoms with Crippen LogP contribution in [0.15, 0.2) is 46.9 Å². The minimum absolute atomic E-state index is 0.0288. The molecular weight excluding hydrogens is 544 g/mol. The van der Waals surface area contributed by atoms with Gasteiger partial charge in [0.05, 0.1) is 7.11 Å². The molecule has 1 spiro atoms. The van der Waals surface area contributed by atoms with Gasteiger partial charge in [0, 0.05) is 48.8 Å². The second-order valence-corrected chi connectivity index (χ2v) is 10.4. The first-order valence-corrected chi connectivity index (χ1v) is 12.6. The first kappa shape index (κ1) is 26.9. The molecule has 2 aromatic rings. The molecule has 0 aliphatic carbocycles. The average molecular weight is 573 g/mol. The van der Waals surface area contributed by atoms with Crippen LogP contribution in [-0.2, 0) is 15.1 Å². The number of hydrogen-bond acceptors (Lipinski definition) is 4. The lowest BCUT2D eigenvalue weighted by Gasteiger charge is -2.51. The third-order valence-corrected chi connectivity index (χ3v) is 8.24. The van der Waals surface area contributed by atoms with E-state index in [4.69, 9.17) is 9.47 Å². The van der Waals surface area contributed by atoms with Crippen molar-refractivity contribution in [1.29, 1.82) is 0 Å². The van der Waals surface area contributed by atoms with Crippen LogP contribution < -0.4 is 10.1 Å². The fourth-order valence-electron chi connectivity index (χ4n) is 5.80. The molecule has 2 aliphatic heterocycles. The molecule has 196 valence electrons. The number of carbonyl (C=O) groups excluding carboxylic acids is 1. The summed E-state index contributed by atoms with van der Waals surface area (Å²) < 4.78 is 68.2. The third-order valence-electron chi connectivity index (χ3n) is 7.74. The van der Waals surface area contributed by atoms with Gasteiger partial charge in [0.25, 0.3) is 11.5 Å². The smallest absolute Gasteiger partial charge is 0.430 e. The van der Waals surface area contributed by atoms with Gasteiger partial charge < -0.3 is 19.7 Å². The highest BCUT2D eigenvalue weighted by atomic mass is 79.9. The number of piperidine rings is 2. The number of benzene rings is 2. The van der Waals surface area contributed by atoms with E-state index in [0.29, 0.717) is 29.6 Å². The molecule has 1 amide bonds. The van der Waals surface area contributed by atoms with Gasteiger partial charge in [-0.2, -0.15) is 13.2 Å². The highest BCUT2D eigenvalue weighted by Gasteiger charge is 2.64. The Bertz CT molecular complexity index is 1100. The van der Waals surface area contributed by atoms with Gasteiger partial charge in [-0.25, -0.2) is 4.39 Å². The van der Waals surface area contributed by atoms with Gasteiger partial charge in [-0.3, -0.25) is 4.79 Å². The molecule has 4 rings (SSSR count). The molecule has 2 aliphatic rings. The van der Waals surface area contributed by atoms with Crippen LogP contribution in [0.5, 0.6) is 5.75 Å². The molecule has 0 bridgehead atoms. The summed E-state index contributed by atoms with van der Waals surface area (Å²) in [6, 6.07) is 10.0. The van der Waals surface area contributed by atoms with Crippen LogP contribution in [0.3, 0.4) is 0 Å². The first-order chi connectivity index (χ1) is 17.1. The molecule has 0 aromatic heterocycles. The fraction of sp³-hybridized carbons (Fsp3) is 0.500. The van der Waals surface area contributed by atoms with Gasteiger partial charge in [-0.05, 0) is 55.0 Å². The van der Waals surface area contributed by atoms with E-state index in [1.165, 1.54) is 42.3 Å². The summed E-state index contributed by atoms with van der Waals surface area (Å²) in [7, 11) is 2.41. The first-order valence-electron chi connectivity index (χ1n) is 11.8. The van der Waals surface area contributed by atoms with E-state index in [0.717, 1.165) is 25.6 Å². The van der Waals surface area contributed by atoms with Gasteiger partial charge in [-0.15, -0.1) is 0 Å². The third kappa shape index (κ3) is 4.63. The molecule has 5 nitrogen and oxygen atoms in total. The molecule has 2 fully saturated rings. The van der Waals surface area contributed by atoms with Crippen molar-refractivity contribution in [2.24, 2.45) is 5.41 Å². The summed E-state index contributed by atoms with van der Waals surface area (Å²) in [4.78, 5) is 14.8. The van der Waals surface area contributed by atoms with E-state index in [1.54, 1.807) is 12.1 Å². The quantitative estimate of drug-likeness (QED) is 0.488. The standard InChI is InChI=1S/C26H29BrF4N2O3/c1-35-22-15-19(28)6-7-20(22)21-16-32-11-8-24(21)9-12-33(13-10-24)23(34)25(36-2,26(29,30)31)17-4-3-5-18(27)14-17/h3-7,14-15,21,32H,8-13,16H2,1-2H3/t21?,25-/m1/s1. The molecule has 0 radical (unpaired) electrons. The topological polar surface area (TPSA) is 50.8 Å². The summed E-state index contributed by atoms with van der Waals surface area (Å²) in [6.45, 7) is 1.72. The Kier molecular flexibility index (Phi) is 7.69. The summed E-state index contributed by atoms with van der Waals surface area (Å²) in [6.07, 6.45) is -3.14. The maximum Gasteiger partial charge on any atom is 0.430 e. The maximum atomic E-state index is 14.5. The lowest BCUT2D eigenvalue weighted by atomic mass is 9.62. The molecule has 0 saturated carbocycles. The van der Waals surface area contributed by atoms with Crippen molar-refractivity contribution in [1.82, 2.24) is 10.2 Å². The Morgan fingerprint density at radius 2 is 1.83 bits per heavy atom. The number of carbonyl (C=O) groups is 1. The SMILES string of the molecule is COc1cc(F)ccc1C1CNCCC12CCN(C(=O)[C@](OC)(c1cccc(Br)c1)C(F)(F)F)CC2. The Hall–Kier alpha value is -2.17. The minimum Gasteiger partial charge on any atom is -0.496 e. The van der Waals surface area contributed by atoms with Crippen LogP contribution in [0.4, 0.5) is 17.6 Å². The molecule has 1 N–H and O–H groups in total. The van der Waals surface area contributed by atoms with Crippen molar-refractivity contribution in [2.75, 3.05) is 40.4 Å². The van der Waals surface area contributed by atoms with Gasteiger partial charge >= 0.3 is 6.18 Å². The van der Waals surface area contributed by atoms with Gasteiger partial charge in [0.15, 0.2) is 0 Å². The van der Waals surface area contributed by atoms with Crippen molar-refractivity contribution < 1.29 is 31.8 Å². The van der Waals surface area contributed by atoms with Crippen LogP contribution in [0.2, 0.25) is 0 Å². The Balaban J connectivity index is 1.63.